The Labute approximate surface area is 135 Å². The van der Waals surface area contributed by atoms with E-state index >= 15 is 0 Å². The molecule has 0 aliphatic heterocycles. The number of hydrogen-bond donors (Lipinski definition) is 1. The molecule has 2 aromatic carbocycles. The quantitative estimate of drug-likeness (QED) is 0.782. The zero-order chi connectivity index (χ0) is 15.4. The van der Waals surface area contributed by atoms with Gasteiger partial charge in [0.15, 0.2) is 0 Å². The predicted molar refractivity (Wildman–Crippen MR) is 92.2 cm³/mol. The van der Waals surface area contributed by atoms with Crippen LogP contribution in [-0.4, -0.2) is 7.05 Å². The lowest BCUT2D eigenvalue weighted by molar-refractivity contribution is 0.464. The van der Waals surface area contributed by atoms with E-state index in [1.807, 2.05) is 19.2 Å². The van der Waals surface area contributed by atoms with Gasteiger partial charge >= 0.3 is 0 Å². The van der Waals surface area contributed by atoms with Crippen LogP contribution in [0.3, 0.4) is 0 Å². The Hall–Kier alpha value is -1.32. The second-order valence-corrected chi connectivity index (χ2v) is 6.50. The van der Waals surface area contributed by atoms with Crippen LogP contribution in [-0.2, 0) is 6.54 Å². The van der Waals surface area contributed by atoms with Gasteiger partial charge in [-0.2, -0.15) is 0 Å². The van der Waals surface area contributed by atoms with Gasteiger partial charge in [0.2, 0.25) is 0 Å². The van der Waals surface area contributed by atoms with Crippen LogP contribution in [0, 0.1) is 6.92 Å². The number of nitrogens with one attached hydrogen (secondary N) is 1. The first-order valence-corrected chi connectivity index (χ1v) is 8.02. The highest BCUT2D eigenvalue weighted by atomic mass is 79.9. The van der Waals surface area contributed by atoms with Gasteiger partial charge in [0.1, 0.15) is 11.5 Å². The molecule has 0 aliphatic rings. The number of hydrogen-bond acceptors (Lipinski definition) is 2. The molecule has 0 atom stereocenters. The molecule has 0 fully saturated rings. The highest BCUT2D eigenvalue weighted by molar-refractivity contribution is 9.10. The third-order valence-corrected chi connectivity index (χ3v) is 3.90. The minimum absolute atomic E-state index is 0.431. The molecule has 21 heavy (non-hydrogen) atoms. The lowest BCUT2D eigenvalue weighted by Gasteiger charge is -2.17. The molecule has 0 heterocycles. The number of rotatable bonds is 5. The molecule has 1 N–H and O–H groups in total. The topological polar surface area (TPSA) is 21.3 Å². The summed E-state index contributed by atoms with van der Waals surface area (Å²) >= 11 is 3.52. The standard InChI is InChI=1S/C18H22BrNO/c1-12(2)16-8-5-13(3)9-18(16)21-17-10-15(19)7-6-14(17)11-20-4/h5-10,12,20H,11H2,1-4H3. The SMILES string of the molecule is CNCc1ccc(Br)cc1Oc1cc(C)ccc1C(C)C. The van der Waals surface area contributed by atoms with Crippen molar-refractivity contribution < 1.29 is 4.74 Å². The Morgan fingerprint density at radius 3 is 2.52 bits per heavy atom. The van der Waals surface area contributed by atoms with Gasteiger partial charge in [0.05, 0.1) is 0 Å². The van der Waals surface area contributed by atoms with Crippen molar-refractivity contribution in [2.45, 2.75) is 33.2 Å². The average Bonchev–Trinajstić information content (AvgIpc) is 2.42. The zero-order valence-corrected chi connectivity index (χ0v) is 14.6. The molecular weight excluding hydrogens is 326 g/mol. The van der Waals surface area contributed by atoms with Crippen LogP contribution in [0.2, 0.25) is 0 Å². The minimum atomic E-state index is 0.431. The summed E-state index contributed by atoms with van der Waals surface area (Å²) in [5.74, 6) is 2.27. The van der Waals surface area contributed by atoms with Gasteiger partial charge in [-0.3, -0.25) is 0 Å². The first-order valence-electron chi connectivity index (χ1n) is 7.22. The summed E-state index contributed by atoms with van der Waals surface area (Å²) in [5.41, 5.74) is 3.59. The summed E-state index contributed by atoms with van der Waals surface area (Å²) in [7, 11) is 1.94. The van der Waals surface area contributed by atoms with E-state index in [1.54, 1.807) is 0 Å². The lowest BCUT2D eigenvalue weighted by Crippen LogP contribution is -2.06. The Kier molecular flexibility index (Phi) is 5.43. The van der Waals surface area contributed by atoms with Crippen LogP contribution in [0.4, 0.5) is 0 Å². The minimum Gasteiger partial charge on any atom is -0.457 e. The Morgan fingerprint density at radius 1 is 1.10 bits per heavy atom. The van der Waals surface area contributed by atoms with Crippen molar-refractivity contribution in [2.24, 2.45) is 0 Å². The molecule has 112 valence electrons. The molecule has 2 aromatic rings. The van der Waals surface area contributed by atoms with Crippen LogP contribution in [0.5, 0.6) is 11.5 Å². The van der Waals surface area contributed by atoms with E-state index in [9.17, 15) is 0 Å². The van der Waals surface area contributed by atoms with Crippen LogP contribution >= 0.6 is 15.9 Å². The molecular formula is C18H22BrNO. The summed E-state index contributed by atoms with van der Waals surface area (Å²) in [6.07, 6.45) is 0. The molecule has 0 bridgehead atoms. The maximum absolute atomic E-state index is 6.25. The lowest BCUT2D eigenvalue weighted by atomic mass is 10.0. The van der Waals surface area contributed by atoms with Crippen LogP contribution in [0.25, 0.3) is 0 Å². The van der Waals surface area contributed by atoms with E-state index in [4.69, 9.17) is 4.74 Å². The van der Waals surface area contributed by atoms with Gasteiger partial charge in [-0.05, 0) is 49.2 Å². The molecule has 0 saturated heterocycles. The maximum Gasteiger partial charge on any atom is 0.133 e. The van der Waals surface area contributed by atoms with Gasteiger partial charge in [-0.25, -0.2) is 0 Å². The van der Waals surface area contributed by atoms with E-state index in [1.165, 1.54) is 11.1 Å². The second kappa shape index (κ2) is 7.10. The molecule has 2 rings (SSSR count). The van der Waals surface area contributed by atoms with E-state index in [0.717, 1.165) is 28.1 Å². The number of ether oxygens (including phenoxy) is 1. The van der Waals surface area contributed by atoms with E-state index in [-0.39, 0.29) is 0 Å². The largest absolute Gasteiger partial charge is 0.457 e. The monoisotopic (exact) mass is 347 g/mol. The normalized spacial score (nSPS) is 11.0. The summed E-state index contributed by atoms with van der Waals surface area (Å²) in [4.78, 5) is 0. The fraction of sp³-hybridized carbons (Fsp3) is 0.333. The summed E-state index contributed by atoms with van der Waals surface area (Å²) in [6, 6.07) is 12.6. The molecule has 0 aliphatic carbocycles. The van der Waals surface area contributed by atoms with Crippen LogP contribution in [0.15, 0.2) is 40.9 Å². The Morgan fingerprint density at radius 2 is 1.86 bits per heavy atom. The van der Waals surface area contributed by atoms with Crippen molar-refractivity contribution in [3.05, 3.63) is 57.6 Å². The highest BCUT2D eigenvalue weighted by Crippen LogP contribution is 2.34. The molecule has 0 aromatic heterocycles. The fourth-order valence-corrected chi connectivity index (χ4v) is 2.63. The highest BCUT2D eigenvalue weighted by Gasteiger charge is 2.11. The summed E-state index contributed by atoms with van der Waals surface area (Å²) < 4.78 is 7.27. The molecule has 0 radical (unpaired) electrons. The third kappa shape index (κ3) is 4.08. The average molecular weight is 348 g/mol. The van der Waals surface area contributed by atoms with Crippen molar-refractivity contribution >= 4 is 15.9 Å². The Bertz CT molecular complexity index is 623. The van der Waals surface area contributed by atoms with Gasteiger partial charge in [0.25, 0.3) is 0 Å². The Balaban J connectivity index is 2.42. The van der Waals surface area contributed by atoms with Gasteiger partial charge in [-0.15, -0.1) is 0 Å². The molecule has 0 unspecified atom stereocenters. The number of benzene rings is 2. The predicted octanol–water partition coefficient (Wildman–Crippen LogP) is 5.39. The van der Waals surface area contributed by atoms with E-state index in [0.29, 0.717) is 5.92 Å². The van der Waals surface area contributed by atoms with Gasteiger partial charge < -0.3 is 10.1 Å². The van der Waals surface area contributed by atoms with Crippen molar-refractivity contribution in [1.29, 1.82) is 0 Å². The molecule has 0 spiro atoms. The van der Waals surface area contributed by atoms with Gasteiger partial charge in [0, 0.05) is 16.6 Å². The molecule has 0 amide bonds. The third-order valence-electron chi connectivity index (χ3n) is 3.41. The molecule has 0 saturated carbocycles. The van der Waals surface area contributed by atoms with E-state index < -0.39 is 0 Å². The van der Waals surface area contributed by atoms with Crippen molar-refractivity contribution in [3.8, 4) is 11.5 Å². The first kappa shape index (κ1) is 16.1. The zero-order valence-electron chi connectivity index (χ0n) is 13.0. The summed E-state index contributed by atoms with van der Waals surface area (Å²) in [6.45, 7) is 7.25. The molecule has 2 nitrogen and oxygen atoms in total. The first-order chi connectivity index (χ1) is 10.0. The summed E-state index contributed by atoms with van der Waals surface area (Å²) in [5, 5.41) is 3.18. The molecule has 3 heteroatoms. The van der Waals surface area contributed by atoms with Crippen molar-refractivity contribution in [1.82, 2.24) is 5.32 Å². The second-order valence-electron chi connectivity index (χ2n) is 5.58. The van der Waals surface area contributed by atoms with Crippen molar-refractivity contribution in [3.63, 3.8) is 0 Å². The van der Waals surface area contributed by atoms with Crippen molar-refractivity contribution in [2.75, 3.05) is 7.05 Å². The fourth-order valence-electron chi connectivity index (χ4n) is 2.29. The van der Waals surface area contributed by atoms with Crippen LogP contribution in [0.1, 0.15) is 36.5 Å². The van der Waals surface area contributed by atoms with Gasteiger partial charge in [-0.1, -0.05) is 48.0 Å². The number of aryl methyl sites for hydroxylation is 1. The number of halogens is 1. The van der Waals surface area contributed by atoms with Crippen LogP contribution < -0.4 is 10.1 Å². The van der Waals surface area contributed by atoms with E-state index in [2.05, 4.69) is 66.3 Å². The maximum atomic E-state index is 6.25. The smallest absolute Gasteiger partial charge is 0.133 e.